The summed E-state index contributed by atoms with van der Waals surface area (Å²) in [5.74, 6) is -0.0228. The summed E-state index contributed by atoms with van der Waals surface area (Å²) in [5, 5.41) is 0.753. The summed E-state index contributed by atoms with van der Waals surface area (Å²) in [7, 11) is 0. The number of fused-ring (bicyclic) bond motifs is 1. The average molecular weight is 483 g/mol. The van der Waals surface area contributed by atoms with Crippen LogP contribution in [0.25, 0.3) is 10.2 Å². The molecule has 3 aromatic rings. The first-order valence-electron chi connectivity index (χ1n) is 9.19. The van der Waals surface area contributed by atoms with Crippen LogP contribution in [0, 0.1) is 6.92 Å². The van der Waals surface area contributed by atoms with E-state index in [2.05, 4.69) is 53.7 Å². The summed E-state index contributed by atoms with van der Waals surface area (Å²) >= 11 is 5.09. The lowest BCUT2D eigenvalue weighted by Gasteiger charge is -2.25. The quantitative estimate of drug-likeness (QED) is 0.428. The van der Waals surface area contributed by atoms with Crippen LogP contribution in [0.3, 0.4) is 0 Å². The molecule has 28 heavy (non-hydrogen) atoms. The van der Waals surface area contributed by atoms with Crippen molar-refractivity contribution in [2.24, 2.45) is 0 Å². The maximum Gasteiger partial charge on any atom is 0.261 e. The number of halogens is 2. The fourth-order valence-electron chi connectivity index (χ4n) is 2.98. The molecule has 0 aliphatic carbocycles. The van der Waals surface area contributed by atoms with Gasteiger partial charge in [0.05, 0.1) is 15.8 Å². The fourth-order valence-corrected chi connectivity index (χ4v) is 4.52. The molecule has 0 saturated carbocycles. The van der Waals surface area contributed by atoms with E-state index in [9.17, 15) is 4.79 Å². The molecule has 0 unspecified atom stereocenters. The molecule has 0 atom stereocenters. The zero-order valence-electron chi connectivity index (χ0n) is 16.3. The minimum atomic E-state index is -0.0228. The largest absolute Gasteiger partial charge is 0.302 e. The third-order valence-electron chi connectivity index (χ3n) is 4.65. The van der Waals surface area contributed by atoms with E-state index in [1.54, 1.807) is 11.3 Å². The molecule has 0 spiro atoms. The molecule has 0 aliphatic rings. The van der Waals surface area contributed by atoms with Gasteiger partial charge in [0.25, 0.3) is 5.91 Å². The number of rotatable bonds is 7. The SMILES string of the molecule is CCN(CC)CCN(C(=O)c1ccccc1Br)c1nc2ccc(C)cc2s1.Cl. The van der Waals surface area contributed by atoms with Crippen molar-refractivity contribution in [1.29, 1.82) is 0 Å². The van der Waals surface area contributed by atoms with Crippen molar-refractivity contribution in [3.8, 4) is 0 Å². The minimum Gasteiger partial charge on any atom is -0.302 e. The van der Waals surface area contributed by atoms with Gasteiger partial charge in [-0.2, -0.15) is 0 Å². The average Bonchev–Trinajstić information content (AvgIpc) is 3.08. The Morgan fingerprint density at radius 3 is 2.50 bits per heavy atom. The standard InChI is InChI=1S/C21H24BrN3OS.ClH/c1-4-24(5-2)12-13-25(20(26)16-8-6-7-9-17(16)22)21-23-18-11-10-15(3)14-19(18)27-21;/h6-11,14H,4-5,12-13H2,1-3H3;1H. The van der Waals surface area contributed by atoms with Crippen LogP contribution in [0.5, 0.6) is 0 Å². The Morgan fingerprint density at radius 1 is 1.11 bits per heavy atom. The normalized spacial score (nSPS) is 10.9. The molecule has 150 valence electrons. The van der Waals surface area contributed by atoms with Gasteiger partial charge in [-0.3, -0.25) is 9.69 Å². The number of hydrogen-bond acceptors (Lipinski definition) is 4. The highest BCUT2D eigenvalue weighted by atomic mass is 79.9. The molecule has 4 nitrogen and oxygen atoms in total. The number of aromatic nitrogens is 1. The first-order valence-corrected chi connectivity index (χ1v) is 10.8. The van der Waals surface area contributed by atoms with Crippen molar-refractivity contribution in [3.63, 3.8) is 0 Å². The number of hydrogen-bond donors (Lipinski definition) is 0. The second-order valence-electron chi connectivity index (χ2n) is 6.43. The fraction of sp³-hybridized carbons (Fsp3) is 0.333. The number of benzene rings is 2. The van der Waals surface area contributed by atoms with E-state index >= 15 is 0 Å². The van der Waals surface area contributed by atoms with Crippen LogP contribution in [0.15, 0.2) is 46.9 Å². The third kappa shape index (κ3) is 5.11. The molecule has 0 radical (unpaired) electrons. The van der Waals surface area contributed by atoms with Crippen LogP contribution in [0.2, 0.25) is 0 Å². The Balaban J connectivity index is 0.00000280. The number of aryl methyl sites for hydroxylation is 1. The number of carbonyl (C=O) groups is 1. The first kappa shape index (κ1) is 22.8. The summed E-state index contributed by atoms with van der Waals surface area (Å²) in [6.07, 6.45) is 0. The summed E-state index contributed by atoms with van der Waals surface area (Å²) in [4.78, 5) is 22.2. The van der Waals surface area contributed by atoms with Crippen molar-refractivity contribution in [2.45, 2.75) is 20.8 Å². The molecule has 0 fully saturated rings. The lowest BCUT2D eigenvalue weighted by atomic mass is 10.2. The second-order valence-corrected chi connectivity index (χ2v) is 8.29. The number of thiazole rings is 1. The maximum atomic E-state index is 13.3. The van der Waals surface area contributed by atoms with E-state index in [4.69, 9.17) is 4.98 Å². The highest BCUT2D eigenvalue weighted by Gasteiger charge is 2.23. The van der Waals surface area contributed by atoms with Gasteiger partial charge in [0.2, 0.25) is 0 Å². The van der Waals surface area contributed by atoms with E-state index in [0.717, 1.165) is 39.5 Å². The van der Waals surface area contributed by atoms with Gasteiger partial charge in [-0.25, -0.2) is 4.98 Å². The Labute approximate surface area is 185 Å². The predicted molar refractivity (Wildman–Crippen MR) is 125 cm³/mol. The number of likely N-dealkylation sites (N-methyl/N-ethyl adjacent to an activating group) is 1. The number of amides is 1. The van der Waals surface area contributed by atoms with Gasteiger partial charge < -0.3 is 4.90 Å². The van der Waals surface area contributed by atoms with E-state index in [1.165, 1.54) is 5.56 Å². The molecule has 1 aromatic heterocycles. The minimum absolute atomic E-state index is 0. The van der Waals surface area contributed by atoms with E-state index < -0.39 is 0 Å². The van der Waals surface area contributed by atoms with Gasteiger partial charge in [-0.1, -0.05) is 43.4 Å². The van der Waals surface area contributed by atoms with Crippen LogP contribution in [-0.4, -0.2) is 42.0 Å². The molecule has 0 saturated heterocycles. The highest BCUT2D eigenvalue weighted by Crippen LogP contribution is 2.31. The molecule has 0 N–H and O–H groups in total. The van der Waals surface area contributed by atoms with Gasteiger partial charge in [0.15, 0.2) is 5.13 Å². The lowest BCUT2D eigenvalue weighted by molar-refractivity contribution is 0.0983. The zero-order chi connectivity index (χ0) is 19.4. The number of carbonyl (C=O) groups excluding carboxylic acids is 1. The predicted octanol–water partition coefficient (Wildman–Crippen LogP) is 5.78. The van der Waals surface area contributed by atoms with E-state index in [0.29, 0.717) is 12.1 Å². The molecule has 0 bridgehead atoms. The summed E-state index contributed by atoms with van der Waals surface area (Å²) in [6, 6.07) is 13.8. The smallest absolute Gasteiger partial charge is 0.261 e. The van der Waals surface area contributed by atoms with Gasteiger partial charge in [0.1, 0.15) is 0 Å². The van der Waals surface area contributed by atoms with Crippen molar-refractivity contribution < 1.29 is 4.79 Å². The van der Waals surface area contributed by atoms with Crippen LogP contribution in [0.1, 0.15) is 29.8 Å². The lowest BCUT2D eigenvalue weighted by Crippen LogP contribution is -2.39. The maximum absolute atomic E-state index is 13.3. The molecule has 1 heterocycles. The number of nitrogens with zero attached hydrogens (tertiary/aromatic N) is 3. The first-order chi connectivity index (χ1) is 13.0. The van der Waals surface area contributed by atoms with Crippen LogP contribution >= 0.6 is 39.7 Å². The molecule has 7 heteroatoms. The molecule has 1 amide bonds. The monoisotopic (exact) mass is 481 g/mol. The van der Waals surface area contributed by atoms with Gasteiger partial charge in [0, 0.05) is 17.6 Å². The van der Waals surface area contributed by atoms with Gasteiger partial charge >= 0.3 is 0 Å². The molecule has 2 aromatic carbocycles. The van der Waals surface area contributed by atoms with Gasteiger partial charge in [-0.05, 0) is 65.8 Å². The Kier molecular flexibility index (Phi) is 8.43. The Bertz CT molecular complexity index is 942. The third-order valence-corrected chi connectivity index (χ3v) is 6.38. The van der Waals surface area contributed by atoms with Crippen molar-refractivity contribution in [1.82, 2.24) is 9.88 Å². The second kappa shape index (κ2) is 10.3. The zero-order valence-corrected chi connectivity index (χ0v) is 19.5. The Morgan fingerprint density at radius 2 is 1.82 bits per heavy atom. The van der Waals surface area contributed by atoms with Crippen molar-refractivity contribution in [2.75, 3.05) is 31.1 Å². The summed E-state index contributed by atoms with van der Waals surface area (Å²) in [6.45, 7) is 9.72. The molecule has 3 rings (SSSR count). The van der Waals surface area contributed by atoms with Crippen molar-refractivity contribution in [3.05, 3.63) is 58.1 Å². The van der Waals surface area contributed by atoms with E-state index in [1.807, 2.05) is 35.2 Å². The molecular weight excluding hydrogens is 458 g/mol. The summed E-state index contributed by atoms with van der Waals surface area (Å²) < 4.78 is 1.91. The molecule has 0 aliphatic heterocycles. The molecular formula is C21H25BrClN3OS. The number of anilines is 1. The Hall–Kier alpha value is -1.47. The van der Waals surface area contributed by atoms with Crippen LogP contribution in [-0.2, 0) is 0 Å². The van der Waals surface area contributed by atoms with Crippen LogP contribution < -0.4 is 4.90 Å². The summed E-state index contributed by atoms with van der Waals surface area (Å²) in [5.41, 5.74) is 2.80. The topological polar surface area (TPSA) is 36.4 Å². The van der Waals surface area contributed by atoms with Crippen molar-refractivity contribution >= 4 is 60.9 Å². The van der Waals surface area contributed by atoms with E-state index in [-0.39, 0.29) is 18.3 Å². The van der Waals surface area contributed by atoms with Crippen LogP contribution in [0.4, 0.5) is 5.13 Å². The highest BCUT2D eigenvalue weighted by molar-refractivity contribution is 9.10. The van der Waals surface area contributed by atoms with Gasteiger partial charge in [-0.15, -0.1) is 12.4 Å².